The van der Waals surface area contributed by atoms with Crippen molar-refractivity contribution in [3.63, 3.8) is 0 Å². The van der Waals surface area contributed by atoms with Crippen molar-refractivity contribution in [2.24, 2.45) is 5.41 Å². The topological polar surface area (TPSA) is 67.6 Å². The number of anilines is 1. The van der Waals surface area contributed by atoms with Crippen LogP contribution in [0.2, 0.25) is 0 Å². The lowest BCUT2D eigenvalue weighted by molar-refractivity contribution is 0.416. The van der Waals surface area contributed by atoms with Crippen LogP contribution < -0.4 is 5.73 Å². The molecule has 0 saturated carbocycles. The van der Waals surface area contributed by atoms with E-state index in [1.165, 1.54) is 0 Å². The van der Waals surface area contributed by atoms with Crippen LogP contribution in [-0.2, 0) is 6.54 Å². The largest absolute Gasteiger partial charge is 0.369 e. The van der Waals surface area contributed by atoms with E-state index < -0.39 is 0 Å². The van der Waals surface area contributed by atoms with Gasteiger partial charge in [0.25, 0.3) is 0 Å². The fraction of sp³-hybridized carbons (Fsp3) is 0.600. The summed E-state index contributed by atoms with van der Waals surface area (Å²) in [6.07, 6.45) is 5.36. The summed E-state index contributed by atoms with van der Waals surface area (Å²) in [5.41, 5.74) is 5.37. The predicted octanol–water partition coefficient (Wildman–Crippen LogP) is 1.80. The molecule has 1 aromatic heterocycles. The van der Waals surface area contributed by atoms with E-state index in [0.717, 1.165) is 19.4 Å². The summed E-state index contributed by atoms with van der Waals surface area (Å²) in [5.74, 6) is 0.541. The molecule has 0 aliphatic heterocycles. The van der Waals surface area contributed by atoms with Crippen LogP contribution in [0, 0.1) is 16.7 Å². The molecule has 4 nitrogen and oxygen atoms in total. The SMILES string of the molecule is CC(C)(C#N)CCCn1ccnc1N. The van der Waals surface area contributed by atoms with Crippen molar-refractivity contribution in [1.29, 1.82) is 5.26 Å². The molecule has 76 valence electrons. The second kappa shape index (κ2) is 4.14. The molecule has 0 atom stereocenters. The molecule has 0 bridgehead atoms. The van der Waals surface area contributed by atoms with Crippen molar-refractivity contribution in [3.05, 3.63) is 12.4 Å². The predicted molar refractivity (Wildman–Crippen MR) is 55.3 cm³/mol. The number of imidazole rings is 1. The van der Waals surface area contributed by atoms with E-state index in [1.807, 2.05) is 24.6 Å². The van der Waals surface area contributed by atoms with Crippen LogP contribution in [0.1, 0.15) is 26.7 Å². The zero-order valence-corrected chi connectivity index (χ0v) is 8.70. The van der Waals surface area contributed by atoms with Gasteiger partial charge in [0, 0.05) is 18.9 Å². The van der Waals surface area contributed by atoms with Crippen molar-refractivity contribution in [2.75, 3.05) is 5.73 Å². The molecule has 1 rings (SSSR count). The van der Waals surface area contributed by atoms with Gasteiger partial charge in [0.05, 0.1) is 11.5 Å². The lowest BCUT2D eigenvalue weighted by Crippen LogP contribution is -2.10. The molecule has 0 saturated heterocycles. The number of aromatic nitrogens is 2. The van der Waals surface area contributed by atoms with Crippen LogP contribution in [0.3, 0.4) is 0 Å². The standard InChI is InChI=1S/C10H16N4/c1-10(2,8-11)4-3-6-14-7-5-13-9(14)12/h5,7H,3-4,6H2,1-2H3,(H2,12,13). The van der Waals surface area contributed by atoms with E-state index in [1.54, 1.807) is 6.20 Å². The van der Waals surface area contributed by atoms with Gasteiger partial charge in [0.1, 0.15) is 0 Å². The fourth-order valence-electron chi connectivity index (χ4n) is 1.28. The summed E-state index contributed by atoms with van der Waals surface area (Å²) in [4.78, 5) is 3.93. The molecule has 14 heavy (non-hydrogen) atoms. The Bertz CT molecular complexity index is 332. The van der Waals surface area contributed by atoms with Crippen molar-refractivity contribution in [2.45, 2.75) is 33.2 Å². The first-order valence-electron chi connectivity index (χ1n) is 4.73. The Labute approximate surface area is 84.4 Å². The van der Waals surface area contributed by atoms with Gasteiger partial charge >= 0.3 is 0 Å². The highest BCUT2D eigenvalue weighted by atomic mass is 15.1. The Hall–Kier alpha value is -1.50. The normalized spacial score (nSPS) is 11.2. The summed E-state index contributed by atoms with van der Waals surface area (Å²) in [7, 11) is 0. The second-order valence-corrected chi connectivity index (χ2v) is 4.08. The Morgan fingerprint density at radius 3 is 2.86 bits per heavy atom. The molecule has 0 radical (unpaired) electrons. The Morgan fingerprint density at radius 2 is 2.36 bits per heavy atom. The number of hydrogen-bond acceptors (Lipinski definition) is 3. The maximum atomic E-state index is 8.81. The quantitative estimate of drug-likeness (QED) is 0.790. The van der Waals surface area contributed by atoms with Gasteiger partial charge in [0.15, 0.2) is 5.95 Å². The van der Waals surface area contributed by atoms with E-state index in [9.17, 15) is 0 Å². The number of nitrogen functional groups attached to an aromatic ring is 1. The van der Waals surface area contributed by atoms with Crippen molar-refractivity contribution in [1.82, 2.24) is 9.55 Å². The smallest absolute Gasteiger partial charge is 0.200 e. The molecular formula is C10H16N4. The third-order valence-electron chi connectivity index (χ3n) is 2.25. The monoisotopic (exact) mass is 192 g/mol. The molecule has 1 aromatic rings. The highest BCUT2D eigenvalue weighted by molar-refractivity contribution is 5.16. The van der Waals surface area contributed by atoms with E-state index in [-0.39, 0.29) is 5.41 Å². The number of nitrogens with zero attached hydrogens (tertiary/aromatic N) is 3. The first-order chi connectivity index (χ1) is 6.55. The van der Waals surface area contributed by atoms with Gasteiger partial charge in [0.2, 0.25) is 0 Å². The molecule has 2 N–H and O–H groups in total. The summed E-state index contributed by atoms with van der Waals surface area (Å²) < 4.78 is 1.90. The molecule has 1 heterocycles. The number of rotatable bonds is 4. The molecule has 0 aliphatic carbocycles. The lowest BCUT2D eigenvalue weighted by Gasteiger charge is -2.14. The van der Waals surface area contributed by atoms with Crippen LogP contribution in [0.15, 0.2) is 12.4 Å². The van der Waals surface area contributed by atoms with Gasteiger partial charge in [-0.25, -0.2) is 4.98 Å². The highest BCUT2D eigenvalue weighted by Crippen LogP contribution is 2.21. The maximum Gasteiger partial charge on any atom is 0.200 e. The number of hydrogen-bond donors (Lipinski definition) is 1. The van der Waals surface area contributed by atoms with E-state index in [0.29, 0.717) is 5.95 Å². The summed E-state index contributed by atoms with van der Waals surface area (Å²) >= 11 is 0. The lowest BCUT2D eigenvalue weighted by atomic mass is 9.90. The van der Waals surface area contributed by atoms with Crippen LogP contribution in [0.5, 0.6) is 0 Å². The van der Waals surface area contributed by atoms with Crippen LogP contribution in [0.4, 0.5) is 5.95 Å². The minimum absolute atomic E-state index is 0.241. The molecule has 0 fully saturated rings. The zero-order valence-electron chi connectivity index (χ0n) is 8.70. The average molecular weight is 192 g/mol. The van der Waals surface area contributed by atoms with Gasteiger partial charge in [-0.05, 0) is 26.7 Å². The van der Waals surface area contributed by atoms with Gasteiger partial charge in [-0.15, -0.1) is 0 Å². The third-order valence-corrected chi connectivity index (χ3v) is 2.25. The molecule has 0 spiro atoms. The maximum absolute atomic E-state index is 8.81. The fourth-order valence-corrected chi connectivity index (χ4v) is 1.28. The molecule has 4 heteroatoms. The van der Waals surface area contributed by atoms with E-state index in [2.05, 4.69) is 11.1 Å². The van der Waals surface area contributed by atoms with E-state index in [4.69, 9.17) is 11.0 Å². The van der Waals surface area contributed by atoms with Gasteiger partial charge in [-0.1, -0.05) is 0 Å². The first kappa shape index (κ1) is 10.6. The number of aryl methyl sites for hydroxylation is 1. The Kier molecular flexibility index (Phi) is 3.13. The van der Waals surface area contributed by atoms with Crippen LogP contribution in [-0.4, -0.2) is 9.55 Å². The highest BCUT2D eigenvalue weighted by Gasteiger charge is 2.15. The first-order valence-corrected chi connectivity index (χ1v) is 4.73. The summed E-state index contributed by atoms with van der Waals surface area (Å²) in [6.45, 7) is 4.73. The average Bonchev–Trinajstić information content (AvgIpc) is 2.52. The third kappa shape index (κ3) is 2.77. The zero-order chi connectivity index (χ0) is 10.6. The van der Waals surface area contributed by atoms with Crippen LogP contribution >= 0.6 is 0 Å². The van der Waals surface area contributed by atoms with E-state index >= 15 is 0 Å². The van der Waals surface area contributed by atoms with Gasteiger partial charge in [-0.2, -0.15) is 5.26 Å². The summed E-state index contributed by atoms with van der Waals surface area (Å²) in [6, 6.07) is 2.28. The Balaban J connectivity index is 2.37. The molecule has 0 aliphatic rings. The summed E-state index contributed by atoms with van der Waals surface area (Å²) in [5, 5.41) is 8.81. The van der Waals surface area contributed by atoms with Gasteiger partial charge < -0.3 is 10.3 Å². The molecule has 0 unspecified atom stereocenters. The second-order valence-electron chi connectivity index (χ2n) is 4.08. The minimum Gasteiger partial charge on any atom is -0.369 e. The van der Waals surface area contributed by atoms with Crippen molar-refractivity contribution >= 4 is 5.95 Å². The van der Waals surface area contributed by atoms with Crippen molar-refractivity contribution < 1.29 is 0 Å². The Morgan fingerprint density at radius 1 is 1.64 bits per heavy atom. The van der Waals surface area contributed by atoms with Crippen LogP contribution in [0.25, 0.3) is 0 Å². The van der Waals surface area contributed by atoms with Gasteiger partial charge in [-0.3, -0.25) is 0 Å². The van der Waals surface area contributed by atoms with Crippen molar-refractivity contribution in [3.8, 4) is 6.07 Å². The minimum atomic E-state index is -0.241. The number of nitrogens with two attached hydrogens (primary N) is 1. The molecule has 0 amide bonds. The number of nitriles is 1. The molecule has 0 aromatic carbocycles. The molecular weight excluding hydrogens is 176 g/mol.